The van der Waals surface area contributed by atoms with Crippen LogP contribution in [0, 0.1) is 5.92 Å². The molecule has 0 aliphatic carbocycles. The maximum Gasteiger partial charge on any atom is 0.224 e. The summed E-state index contributed by atoms with van der Waals surface area (Å²) in [6.07, 6.45) is 3.40. The largest absolute Gasteiger partial charge is 0.361 e. The molecule has 0 radical (unpaired) electrons. The summed E-state index contributed by atoms with van der Waals surface area (Å²) in [5.74, 6) is 0.697. The lowest BCUT2D eigenvalue weighted by Gasteiger charge is -2.15. The minimum atomic E-state index is 0.00538. The van der Waals surface area contributed by atoms with Crippen molar-refractivity contribution in [3.05, 3.63) is 71.4 Å². The number of benzene rings is 2. The quantitative estimate of drug-likeness (QED) is 0.669. The van der Waals surface area contributed by atoms with Crippen LogP contribution in [0.5, 0.6) is 0 Å². The Labute approximate surface area is 149 Å². The molecule has 3 heteroatoms. The van der Waals surface area contributed by atoms with Gasteiger partial charge in [-0.25, -0.2) is 0 Å². The second kappa shape index (κ2) is 7.56. The van der Waals surface area contributed by atoms with E-state index < -0.39 is 0 Å². The van der Waals surface area contributed by atoms with E-state index in [0.717, 1.165) is 28.5 Å². The normalized spacial score (nSPS) is 12.5. The predicted octanol–water partition coefficient (Wildman–Crippen LogP) is 4.79. The van der Waals surface area contributed by atoms with E-state index in [1.54, 1.807) is 0 Å². The van der Waals surface area contributed by atoms with Gasteiger partial charge in [0.1, 0.15) is 0 Å². The van der Waals surface area contributed by atoms with E-state index in [0.29, 0.717) is 12.3 Å². The van der Waals surface area contributed by atoms with E-state index in [4.69, 9.17) is 0 Å². The molecule has 0 fully saturated rings. The van der Waals surface area contributed by atoms with E-state index in [1.165, 1.54) is 5.56 Å². The molecule has 3 nitrogen and oxygen atoms in total. The maximum absolute atomic E-state index is 12.4. The Balaban J connectivity index is 1.62. The Morgan fingerprint density at radius 2 is 1.76 bits per heavy atom. The molecule has 0 spiro atoms. The second-order valence-corrected chi connectivity index (χ2v) is 7.17. The lowest BCUT2D eigenvalue weighted by molar-refractivity contribution is -0.121. The Hall–Kier alpha value is -2.55. The number of carbonyl (C=O) groups excluding carboxylic acids is 1. The van der Waals surface area contributed by atoms with Crippen molar-refractivity contribution in [2.24, 2.45) is 5.92 Å². The Bertz CT molecular complexity index is 846. The molecule has 0 saturated carbocycles. The molecule has 1 amide bonds. The molecule has 3 aromatic rings. The van der Waals surface area contributed by atoms with Crippen molar-refractivity contribution in [1.29, 1.82) is 0 Å². The zero-order valence-corrected chi connectivity index (χ0v) is 15.2. The Morgan fingerprint density at radius 1 is 1.04 bits per heavy atom. The van der Waals surface area contributed by atoms with Crippen molar-refractivity contribution in [3.8, 4) is 0 Å². The van der Waals surface area contributed by atoms with Crippen molar-refractivity contribution in [3.63, 3.8) is 0 Å². The molecule has 0 bridgehead atoms. The van der Waals surface area contributed by atoms with Gasteiger partial charge in [-0.2, -0.15) is 0 Å². The van der Waals surface area contributed by atoms with Crippen LogP contribution in [-0.2, 0) is 17.6 Å². The summed E-state index contributed by atoms with van der Waals surface area (Å²) >= 11 is 0. The van der Waals surface area contributed by atoms with Crippen LogP contribution in [0.25, 0.3) is 10.9 Å². The van der Waals surface area contributed by atoms with Gasteiger partial charge in [-0.3, -0.25) is 4.79 Å². The zero-order chi connectivity index (χ0) is 17.8. The van der Waals surface area contributed by atoms with Crippen LogP contribution in [0.2, 0.25) is 0 Å². The average Bonchev–Trinajstić information content (AvgIpc) is 2.98. The van der Waals surface area contributed by atoms with E-state index >= 15 is 0 Å². The first kappa shape index (κ1) is 17.3. The van der Waals surface area contributed by atoms with Crippen LogP contribution < -0.4 is 5.32 Å². The first-order valence-corrected chi connectivity index (χ1v) is 8.96. The molecule has 0 saturated heterocycles. The van der Waals surface area contributed by atoms with E-state index in [9.17, 15) is 4.79 Å². The van der Waals surface area contributed by atoms with Gasteiger partial charge >= 0.3 is 0 Å². The number of carbonyl (C=O) groups is 1. The summed E-state index contributed by atoms with van der Waals surface area (Å²) in [5.41, 5.74) is 4.59. The number of H-pyrrole nitrogens is 1. The summed E-state index contributed by atoms with van der Waals surface area (Å²) in [6, 6.07) is 16.6. The number of nitrogens with one attached hydrogen (secondary N) is 2. The van der Waals surface area contributed by atoms with Crippen molar-refractivity contribution in [1.82, 2.24) is 10.3 Å². The molecular weight excluding hydrogens is 308 g/mol. The van der Waals surface area contributed by atoms with E-state index in [2.05, 4.69) is 48.4 Å². The van der Waals surface area contributed by atoms with Crippen molar-refractivity contribution < 1.29 is 4.79 Å². The monoisotopic (exact) mass is 334 g/mol. The lowest BCUT2D eigenvalue weighted by Crippen LogP contribution is -2.28. The van der Waals surface area contributed by atoms with Gasteiger partial charge in [-0.05, 0) is 42.0 Å². The second-order valence-electron chi connectivity index (χ2n) is 7.17. The van der Waals surface area contributed by atoms with Gasteiger partial charge in [-0.15, -0.1) is 0 Å². The van der Waals surface area contributed by atoms with E-state index in [-0.39, 0.29) is 11.9 Å². The first-order chi connectivity index (χ1) is 12.0. The van der Waals surface area contributed by atoms with Gasteiger partial charge in [0, 0.05) is 17.1 Å². The van der Waals surface area contributed by atoms with Crippen molar-refractivity contribution in [2.75, 3.05) is 0 Å². The summed E-state index contributed by atoms with van der Waals surface area (Å²) in [4.78, 5) is 15.6. The summed E-state index contributed by atoms with van der Waals surface area (Å²) in [7, 11) is 0. The molecule has 0 aliphatic heterocycles. The number of aromatic amines is 1. The molecule has 1 heterocycles. The van der Waals surface area contributed by atoms with E-state index in [1.807, 2.05) is 37.4 Å². The molecule has 2 N–H and O–H groups in total. The van der Waals surface area contributed by atoms with Crippen LogP contribution in [0.3, 0.4) is 0 Å². The number of hydrogen-bond donors (Lipinski definition) is 2. The van der Waals surface area contributed by atoms with Crippen LogP contribution in [0.15, 0.2) is 54.7 Å². The van der Waals surface area contributed by atoms with Crippen molar-refractivity contribution in [2.45, 2.75) is 39.7 Å². The van der Waals surface area contributed by atoms with Crippen LogP contribution in [-0.4, -0.2) is 10.9 Å². The average molecular weight is 334 g/mol. The molecule has 2 aromatic carbocycles. The number of para-hydroxylation sites is 1. The highest BCUT2D eigenvalue weighted by Crippen LogP contribution is 2.19. The van der Waals surface area contributed by atoms with Crippen LogP contribution in [0.4, 0.5) is 0 Å². The first-order valence-electron chi connectivity index (χ1n) is 8.96. The zero-order valence-electron chi connectivity index (χ0n) is 15.2. The van der Waals surface area contributed by atoms with Gasteiger partial charge in [0.25, 0.3) is 0 Å². The number of aromatic nitrogens is 1. The number of hydrogen-bond acceptors (Lipinski definition) is 1. The number of amides is 1. The highest BCUT2D eigenvalue weighted by molar-refractivity contribution is 5.88. The molecule has 0 aliphatic rings. The van der Waals surface area contributed by atoms with Gasteiger partial charge in [-0.1, -0.05) is 56.3 Å². The fourth-order valence-corrected chi connectivity index (χ4v) is 3.24. The molecule has 1 aromatic heterocycles. The third-order valence-electron chi connectivity index (χ3n) is 4.53. The fraction of sp³-hybridized carbons (Fsp3) is 0.318. The number of fused-ring (bicyclic) bond motifs is 1. The van der Waals surface area contributed by atoms with Crippen molar-refractivity contribution >= 4 is 16.8 Å². The van der Waals surface area contributed by atoms with Gasteiger partial charge < -0.3 is 10.3 Å². The summed E-state index contributed by atoms with van der Waals surface area (Å²) in [5, 5.41) is 4.22. The minimum Gasteiger partial charge on any atom is -0.361 e. The van der Waals surface area contributed by atoms with Gasteiger partial charge in [0.05, 0.1) is 12.5 Å². The third kappa shape index (κ3) is 4.30. The standard InChI is InChI=1S/C22H26N2O/c1-15(2)12-17-8-10-18(11-9-17)16(3)24-22(25)13-19-14-23-21-7-5-4-6-20(19)21/h4-11,14-16,23H,12-13H2,1-3H3,(H,24,25)/t16-/m0/s1. The fourth-order valence-electron chi connectivity index (χ4n) is 3.24. The molecule has 0 unspecified atom stereocenters. The third-order valence-corrected chi connectivity index (χ3v) is 4.53. The Morgan fingerprint density at radius 3 is 2.48 bits per heavy atom. The number of rotatable bonds is 6. The topological polar surface area (TPSA) is 44.9 Å². The predicted molar refractivity (Wildman–Crippen MR) is 104 cm³/mol. The SMILES string of the molecule is CC(C)Cc1ccc([C@H](C)NC(=O)Cc2c[nH]c3ccccc23)cc1. The smallest absolute Gasteiger partial charge is 0.224 e. The summed E-state index contributed by atoms with van der Waals surface area (Å²) < 4.78 is 0. The van der Waals surface area contributed by atoms with Gasteiger partial charge in [0.15, 0.2) is 0 Å². The lowest BCUT2D eigenvalue weighted by atomic mass is 10.00. The van der Waals surface area contributed by atoms with Gasteiger partial charge in [0.2, 0.25) is 5.91 Å². The molecule has 1 atom stereocenters. The Kier molecular flexibility index (Phi) is 5.22. The molecule has 130 valence electrons. The molecule has 25 heavy (non-hydrogen) atoms. The molecule has 3 rings (SSSR count). The highest BCUT2D eigenvalue weighted by atomic mass is 16.1. The maximum atomic E-state index is 12.4. The van der Waals surface area contributed by atoms with Crippen LogP contribution in [0.1, 0.15) is 43.5 Å². The molecular formula is C22H26N2O. The minimum absolute atomic E-state index is 0.00538. The van der Waals surface area contributed by atoms with Crippen LogP contribution >= 0.6 is 0 Å². The highest BCUT2D eigenvalue weighted by Gasteiger charge is 2.12. The summed E-state index contributed by atoms with van der Waals surface area (Å²) in [6.45, 7) is 6.48.